The summed E-state index contributed by atoms with van der Waals surface area (Å²) >= 11 is 6.42. The number of halogens is 3. The van der Waals surface area contributed by atoms with Gasteiger partial charge in [0.05, 0.1) is 10.4 Å². The lowest BCUT2D eigenvalue weighted by atomic mass is 10.2. The predicted molar refractivity (Wildman–Crippen MR) is 140 cm³/mol. The minimum atomic E-state index is -1.24. The van der Waals surface area contributed by atoms with Gasteiger partial charge in [-0.25, -0.2) is 18.6 Å². The van der Waals surface area contributed by atoms with Crippen LogP contribution in [0.4, 0.5) is 25.1 Å². The summed E-state index contributed by atoms with van der Waals surface area (Å²) in [6.07, 6.45) is 4.53. The zero-order chi connectivity index (χ0) is 26.6. The van der Waals surface area contributed by atoms with Crippen LogP contribution in [0.1, 0.15) is 0 Å². The molecule has 1 aromatic carbocycles. The highest BCUT2D eigenvalue weighted by molar-refractivity contribution is 6.76. The quantitative estimate of drug-likeness (QED) is 0.183. The molecule has 0 saturated carbocycles. The van der Waals surface area contributed by atoms with E-state index in [2.05, 4.69) is 45.5 Å². The van der Waals surface area contributed by atoms with Crippen molar-refractivity contribution >= 4 is 48.2 Å². The molecule has 9 nitrogen and oxygen atoms in total. The molecule has 0 aliphatic carbocycles. The molecule has 0 unspecified atom stereocenters. The highest BCUT2D eigenvalue weighted by atomic mass is 35.5. The third-order valence-electron chi connectivity index (χ3n) is 5.18. The number of anilines is 2. The summed E-state index contributed by atoms with van der Waals surface area (Å²) in [6.45, 7) is 7.62. The van der Waals surface area contributed by atoms with Crippen LogP contribution in [0.5, 0.6) is 11.5 Å². The van der Waals surface area contributed by atoms with Gasteiger partial charge < -0.3 is 19.4 Å². The van der Waals surface area contributed by atoms with Crippen molar-refractivity contribution in [2.24, 2.45) is 0 Å². The molecule has 3 heterocycles. The summed E-state index contributed by atoms with van der Waals surface area (Å²) in [5.41, 5.74) is 0.332. The first-order valence-corrected chi connectivity index (χ1v) is 15.4. The maximum Gasteiger partial charge on any atom is 0.324 e. The minimum absolute atomic E-state index is 0.120. The Morgan fingerprint density at radius 1 is 1.14 bits per heavy atom. The van der Waals surface area contributed by atoms with E-state index in [1.807, 2.05) is 0 Å². The molecule has 4 aromatic rings. The number of pyridine rings is 1. The van der Waals surface area contributed by atoms with Gasteiger partial charge in [-0.3, -0.25) is 5.32 Å². The molecule has 0 saturated heterocycles. The van der Waals surface area contributed by atoms with Crippen molar-refractivity contribution in [3.8, 4) is 11.5 Å². The van der Waals surface area contributed by atoms with Crippen LogP contribution >= 0.6 is 11.6 Å². The van der Waals surface area contributed by atoms with Gasteiger partial charge in [0.1, 0.15) is 18.1 Å². The Bertz CT molecular complexity index is 1390. The second kappa shape index (κ2) is 11.2. The predicted octanol–water partition coefficient (Wildman–Crippen LogP) is 6.51. The van der Waals surface area contributed by atoms with Crippen molar-refractivity contribution < 1.29 is 23.0 Å². The van der Waals surface area contributed by atoms with Crippen LogP contribution in [0.2, 0.25) is 30.7 Å². The third kappa shape index (κ3) is 6.79. The second-order valence-corrected chi connectivity index (χ2v) is 15.4. The first-order chi connectivity index (χ1) is 17.6. The number of fused-ring (bicyclic) bond motifs is 1. The van der Waals surface area contributed by atoms with Gasteiger partial charge in [0.2, 0.25) is 0 Å². The first-order valence-electron chi connectivity index (χ1n) is 11.3. The first kappa shape index (κ1) is 26.4. The molecular weight excluding hydrogens is 522 g/mol. The van der Waals surface area contributed by atoms with Crippen molar-refractivity contribution in [3.05, 3.63) is 65.6 Å². The number of aromatic nitrogens is 4. The van der Waals surface area contributed by atoms with Crippen molar-refractivity contribution in [2.45, 2.75) is 32.4 Å². The number of amides is 2. The van der Waals surface area contributed by atoms with Crippen LogP contribution < -0.4 is 15.4 Å². The summed E-state index contributed by atoms with van der Waals surface area (Å²) in [4.78, 5) is 16.4. The van der Waals surface area contributed by atoms with Crippen LogP contribution in [-0.4, -0.2) is 40.5 Å². The molecule has 37 heavy (non-hydrogen) atoms. The lowest BCUT2D eigenvalue weighted by Crippen LogP contribution is -2.22. The van der Waals surface area contributed by atoms with Gasteiger partial charge in [-0.15, -0.1) is 5.10 Å². The number of carbonyl (C=O) groups excluding carboxylic acids is 1. The number of benzene rings is 1. The van der Waals surface area contributed by atoms with Gasteiger partial charge in [0, 0.05) is 51.1 Å². The number of nitrogens with zero attached hydrogens (tertiary/aromatic N) is 4. The van der Waals surface area contributed by atoms with E-state index in [0.29, 0.717) is 22.7 Å². The highest BCUT2D eigenvalue weighted by Crippen LogP contribution is 2.37. The van der Waals surface area contributed by atoms with Crippen molar-refractivity contribution in [1.29, 1.82) is 0 Å². The Labute approximate surface area is 217 Å². The van der Waals surface area contributed by atoms with Gasteiger partial charge in [-0.2, -0.15) is 5.10 Å². The van der Waals surface area contributed by atoms with E-state index in [1.54, 1.807) is 16.8 Å². The Hall–Kier alpha value is -3.61. The minimum Gasteiger partial charge on any atom is -0.450 e. The molecule has 194 valence electrons. The topological polar surface area (TPSA) is 103 Å². The Kier molecular flexibility index (Phi) is 8.00. The number of ether oxygens (including phenoxy) is 2. The Morgan fingerprint density at radius 2 is 1.89 bits per heavy atom. The molecule has 13 heteroatoms. The van der Waals surface area contributed by atoms with Crippen molar-refractivity contribution in [3.63, 3.8) is 0 Å². The zero-order valence-electron chi connectivity index (χ0n) is 20.4. The molecule has 0 atom stereocenters. The fraction of sp³-hybridized carbons (Fsp3) is 0.250. The summed E-state index contributed by atoms with van der Waals surface area (Å²) in [5, 5.41) is 12.8. The fourth-order valence-electron chi connectivity index (χ4n) is 3.35. The third-order valence-corrected chi connectivity index (χ3v) is 7.17. The van der Waals surface area contributed by atoms with Gasteiger partial charge in [0.15, 0.2) is 23.2 Å². The molecule has 0 fully saturated rings. The van der Waals surface area contributed by atoms with Gasteiger partial charge in [-0.1, -0.05) is 31.2 Å². The van der Waals surface area contributed by atoms with Crippen LogP contribution in [0, 0.1) is 11.6 Å². The summed E-state index contributed by atoms with van der Waals surface area (Å²) < 4.78 is 42.8. The summed E-state index contributed by atoms with van der Waals surface area (Å²) in [6, 6.07) is 6.68. The molecule has 2 N–H and O–H groups in total. The van der Waals surface area contributed by atoms with Gasteiger partial charge in [0.25, 0.3) is 0 Å². The zero-order valence-corrected chi connectivity index (χ0v) is 22.1. The summed E-state index contributed by atoms with van der Waals surface area (Å²) in [7, 11) is -1.24. The maximum atomic E-state index is 14.9. The molecule has 0 radical (unpaired) electrons. The molecule has 0 aliphatic heterocycles. The average Bonchev–Trinajstić information content (AvgIpc) is 3.15. The van der Waals surface area contributed by atoms with E-state index >= 15 is 0 Å². The summed E-state index contributed by atoms with van der Waals surface area (Å²) in [5.74, 6) is -2.40. The Morgan fingerprint density at radius 3 is 2.57 bits per heavy atom. The molecule has 0 spiro atoms. The number of hydrogen-bond acceptors (Lipinski definition) is 6. The normalized spacial score (nSPS) is 11.5. The van der Waals surface area contributed by atoms with E-state index in [9.17, 15) is 13.6 Å². The molecule has 3 aromatic heterocycles. The second-order valence-electron chi connectivity index (χ2n) is 9.36. The number of urea groups is 1. The van der Waals surface area contributed by atoms with E-state index in [-0.39, 0.29) is 24.0 Å². The van der Waals surface area contributed by atoms with Crippen LogP contribution in [-0.2, 0) is 11.5 Å². The van der Waals surface area contributed by atoms with E-state index in [1.165, 1.54) is 24.5 Å². The van der Waals surface area contributed by atoms with Crippen molar-refractivity contribution in [1.82, 2.24) is 19.7 Å². The highest BCUT2D eigenvalue weighted by Gasteiger charge is 2.20. The number of rotatable bonds is 9. The van der Waals surface area contributed by atoms with E-state index in [0.717, 1.165) is 18.2 Å². The average molecular weight is 547 g/mol. The van der Waals surface area contributed by atoms with E-state index in [4.69, 9.17) is 21.1 Å². The molecular formula is C24H25ClF2N6O3Si. The van der Waals surface area contributed by atoms with Crippen LogP contribution in [0.15, 0.2) is 48.9 Å². The van der Waals surface area contributed by atoms with Crippen LogP contribution in [0.3, 0.4) is 0 Å². The standard InChI is InChI=1S/C24H25ClF2N6O3Si/c1-37(2,3)10-9-35-14-33-13-16(25)21-19(6-8-28-23(21)33)36-22-17(26)11-15(12-18(22)27)30-24(34)31-20-5-4-7-29-32-20/h4-8,11-13H,9-10,14H2,1-3H3,(H2,30,31,32,34). The molecule has 0 aliphatic rings. The monoisotopic (exact) mass is 546 g/mol. The van der Waals surface area contributed by atoms with Crippen molar-refractivity contribution in [2.75, 3.05) is 17.2 Å². The Balaban J connectivity index is 1.50. The SMILES string of the molecule is C[Si](C)(C)CCOCn1cc(Cl)c2c(Oc3c(F)cc(NC(=O)Nc4cccnn4)cc3F)ccnc21. The van der Waals surface area contributed by atoms with E-state index < -0.39 is 31.5 Å². The lowest BCUT2D eigenvalue weighted by molar-refractivity contribution is 0.0899. The number of nitrogens with one attached hydrogen (secondary N) is 2. The van der Waals surface area contributed by atoms with Gasteiger partial charge >= 0.3 is 6.03 Å². The largest absolute Gasteiger partial charge is 0.450 e. The number of carbonyl (C=O) groups is 1. The molecule has 0 bridgehead atoms. The molecule has 2 amide bonds. The number of hydrogen-bond donors (Lipinski definition) is 2. The van der Waals surface area contributed by atoms with Crippen LogP contribution in [0.25, 0.3) is 11.0 Å². The maximum absolute atomic E-state index is 14.9. The fourth-order valence-corrected chi connectivity index (χ4v) is 4.40. The smallest absolute Gasteiger partial charge is 0.324 e. The lowest BCUT2D eigenvalue weighted by Gasteiger charge is -2.15. The van der Waals surface area contributed by atoms with Gasteiger partial charge in [-0.05, 0) is 24.2 Å². The molecule has 4 rings (SSSR count).